The third-order valence-corrected chi connectivity index (χ3v) is 2.04. The monoisotopic (exact) mass is 136 g/mol. The van der Waals surface area contributed by atoms with Crippen LogP contribution in [0, 0.1) is 11.8 Å². The number of hydrogen-bond acceptors (Lipinski definition) is 0. The quantitative estimate of drug-likeness (QED) is 0.486. The van der Waals surface area contributed by atoms with E-state index in [-0.39, 0.29) is 0 Å². The first-order valence-corrected chi connectivity index (χ1v) is 4.12. The lowest BCUT2D eigenvalue weighted by Gasteiger charge is -2.18. The molecule has 0 nitrogen and oxygen atoms in total. The minimum absolute atomic E-state index is 0.716. The third kappa shape index (κ3) is 2.02. The smallest absolute Gasteiger partial charge is 0.00510 e. The molecular weight excluding hydrogens is 120 g/mol. The fourth-order valence-electron chi connectivity index (χ4n) is 1.51. The summed E-state index contributed by atoms with van der Waals surface area (Å²) in [5, 5.41) is 0. The van der Waals surface area contributed by atoms with Crippen molar-refractivity contribution in [1.29, 1.82) is 0 Å². The first-order chi connectivity index (χ1) is 4.83. The Kier molecular flexibility index (Phi) is 2.73. The molecule has 0 aliphatic heterocycles. The van der Waals surface area contributed by atoms with Crippen LogP contribution in [0.25, 0.3) is 0 Å². The zero-order valence-electron chi connectivity index (χ0n) is 6.88. The highest BCUT2D eigenvalue weighted by Crippen LogP contribution is 2.23. The van der Waals surface area contributed by atoms with Crippen molar-refractivity contribution in [2.45, 2.75) is 26.7 Å². The average molecular weight is 136 g/mol. The van der Waals surface area contributed by atoms with Crippen molar-refractivity contribution in [3.63, 3.8) is 0 Å². The summed E-state index contributed by atoms with van der Waals surface area (Å²) in [6.45, 7) is 4.41. The second-order valence-electron chi connectivity index (χ2n) is 3.19. The topological polar surface area (TPSA) is 0 Å². The van der Waals surface area contributed by atoms with Gasteiger partial charge < -0.3 is 0 Å². The molecule has 0 N–H and O–H groups in total. The Hall–Kier alpha value is -0.520. The lowest BCUT2D eigenvalue weighted by molar-refractivity contribution is 0.473. The molecule has 2 atom stereocenters. The van der Waals surface area contributed by atoms with Gasteiger partial charge in [0.25, 0.3) is 0 Å². The van der Waals surface area contributed by atoms with Crippen molar-refractivity contribution in [3.05, 3.63) is 24.3 Å². The molecule has 10 heavy (non-hydrogen) atoms. The van der Waals surface area contributed by atoms with E-state index in [1.165, 1.54) is 12.8 Å². The molecule has 0 unspecified atom stereocenters. The van der Waals surface area contributed by atoms with Crippen LogP contribution in [0.2, 0.25) is 0 Å². The molecule has 0 aromatic rings. The van der Waals surface area contributed by atoms with Crippen LogP contribution >= 0.6 is 0 Å². The van der Waals surface area contributed by atoms with Gasteiger partial charge in [0.05, 0.1) is 0 Å². The second kappa shape index (κ2) is 3.60. The minimum atomic E-state index is 0.716. The highest BCUT2D eigenvalue weighted by Gasteiger charge is 2.10. The predicted octanol–water partition coefficient (Wildman–Crippen LogP) is 3.16. The zero-order valence-corrected chi connectivity index (χ0v) is 6.88. The molecule has 1 rings (SSSR count). The van der Waals surface area contributed by atoms with Gasteiger partial charge in [0, 0.05) is 0 Å². The minimum Gasteiger partial charge on any atom is -0.0911 e. The molecule has 1 aliphatic carbocycles. The lowest BCUT2D eigenvalue weighted by Crippen LogP contribution is -2.05. The van der Waals surface area contributed by atoms with Gasteiger partial charge in [0.1, 0.15) is 0 Å². The zero-order chi connectivity index (χ0) is 7.40. The molecule has 56 valence electrons. The Bertz CT molecular complexity index is 142. The van der Waals surface area contributed by atoms with Crippen molar-refractivity contribution >= 4 is 0 Å². The summed E-state index contributed by atoms with van der Waals surface area (Å²) >= 11 is 0. The van der Waals surface area contributed by atoms with Crippen molar-refractivity contribution < 1.29 is 0 Å². The molecule has 0 heteroatoms. The molecule has 0 aromatic carbocycles. The first-order valence-electron chi connectivity index (χ1n) is 4.12. The van der Waals surface area contributed by atoms with Gasteiger partial charge in [-0.05, 0) is 31.6 Å². The Morgan fingerprint density at radius 1 is 1.50 bits per heavy atom. The fraction of sp³-hybridized carbons (Fsp3) is 0.600. The lowest BCUT2D eigenvalue weighted by atomic mass is 9.88. The highest BCUT2D eigenvalue weighted by atomic mass is 14.2. The number of rotatable bonds is 1. The summed E-state index contributed by atoms with van der Waals surface area (Å²) in [7, 11) is 0. The average Bonchev–Trinajstić information content (AvgIpc) is 1.88. The highest BCUT2D eigenvalue weighted by molar-refractivity contribution is 5.03. The van der Waals surface area contributed by atoms with Crippen molar-refractivity contribution in [2.24, 2.45) is 11.8 Å². The van der Waals surface area contributed by atoms with Crippen LogP contribution in [-0.2, 0) is 0 Å². The number of hydrogen-bond donors (Lipinski definition) is 0. The second-order valence-corrected chi connectivity index (χ2v) is 3.19. The molecule has 0 fully saturated rings. The van der Waals surface area contributed by atoms with Crippen molar-refractivity contribution in [3.8, 4) is 0 Å². The van der Waals surface area contributed by atoms with E-state index in [0.29, 0.717) is 5.92 Å². The molecule has 0 amide bonds. The maximum atomic E-state index is 2.32. The van der Waals surface area contributed by atoms with E-state index in [4.69, 9.17) is 0 Å². The Morgan fingerprint density at radius 3 is 2.90 bits per heavy atom. The molecule has 1 aliphatic rings. The van der Waals surface area contributed by atoms with Crippen LogP contribution in [0.1, 0.15) is 26.7 Å². The Balaban J connectivity index is 2.47. The maximum Gasteiger partial charge on any atom is -0.00510 e. The van der Waals surface area contributed by atoms with E-state index >= 15 is 0 Å². The summed E-state index contributed by atoms with van der Waals surface area (Å²) in [5.74, 6) is 1.60. The van der Waals surface area contributed by atoms with Crippen LogP contribution < -0.4 is 0 Å². The van der Waals surface area contributed by atoms with Crippen LogP contribution in [0.4, 0.5) is 0 Å². The van der Waals surface area contributed by atoms with Gasteiger partial charge in [-0.25, -0.2) is 0 Å². The predicted molar refractivity (Wildman–Crippen MR) is 45.8 cm³/mol. The van der Waals surface area contributed by atoms with Crippen LogP contribution in [0.3, 0.4) is 0 Å². The van der Waals surface area contributed by atoms with Gasteiger partial charge in [0.2, 0.25) is 0 Å². The molecule has 0 radical (unpaired) electrons. The van der Waals surface area contributed by atoms with Crippen molar-refractivity contribution in [2.75, 3.05) is 0 Å². The Labute approximate surface area is 63.6 Å². The molecule has 0 spiro atoms. The van der Waals surface area contributed by atoms with E-state index in [1.54, 1.807) is 0 Å². The summed E-state index contributed by atoms with van der Waals surface area (Å²) in [5.41, 5.74) is 0. The van der Waals surface area contributed by atoms with E-state index in [2.05, 4.69) is 38.2 Å². The normalized spacial score (nSPS) is 33.4. The van der Waals surface area contributed by atoms with Gasteiger partial charge in [-0.15, -0.1) is 0 Å². The van der Waals surface area contributed by atoms with E-state index in [0.717, 1.165) is 5.92 Å². The SMILES string of the molecule is CC=C[C@@H]1C=CC[C@@H](C)C1. The Morgan fingerprint density at radius 2 is 2.30 bits per heavy atom. The van der Waals surface area contributed by atoms with Gasteiger partial charge in [-0.3, -0.25) is 0 Å². The maximum absolute atomic E-state index is 2.32. The largest absolute Gasteiger partial charge is 0.0911 e. The molecular formula is C10H16. The summed E-state index contributed by atoms with van der Waals surface area (Å²) < 4.78 is 0. The van der Waals surface area contributed by atoms with Crippen LogP contribution in [0.5, 0.6) is 0 Å². The third-order valence-electron chi connectivity index (χ3n) is 2.04. The summed E-state index contributed by atoms with van der Waals surface area (Å²) in [6.07, 6.45) is 11.7. The molecule has 0 bridgehead atoms. The van der Waals surface area contributed by atoms with E-state index < -0.39 is 0 Å². The van der Waals surface area contributed by atoms with Gasteiger partial charge in [-0.2, -0.15) is 0 Å². The van der Waals surface area contributed by atoms with Crippen LogP contribution in [-0.4, -0.2) is 0 Å². The molecule has 0 aromatic heterocycles. The first kappa shape index (κ1) is 7.59. The van der Waals surface area contributed by atoms with Gasteiger partial charge in [0.15, 0.2) is 0 Å². The van der Waals surface area contributed by atoms with Gasteiger partial charge >= 0.3 is 0 Å². The standard InChI is InChI=1S/C10H16/c1-3-5-10-7-4-6-9(2)8-10/h3-5,7,9-10H,6,8H2,1-2H3/t9-,10-/m1/s1. The van der Waals surface area contributed by atoms with Crippen molar-refractivity contribution in [1.82, 2.24) is 0 Å². The van der Waals surface area contributed by atoms with E-state index in [1.807, 2.05) is 0 Å². The summed E-state index contributed by atoms with van der Waals surface area (Å²) in [6, 6.07) is 0. The fourth-order valence-corrected chi connectivity index (χ4v) is 1.51. The number of allylic oxidation sites excluding steroid dienone is 4. The molecule has 0 heterocycles. The van der Waals surface area contributed by atoms with Gasteiger partial charge in [-0.1, -0.05) is 31.2 Å². The molecule has 0 saturated carbocycles. The van der Waals surface area contributed by atoms with Crippen LogP contribution in [0.15, 0.2) is 24.3 Å². The summed E-state index contributed by atoms with van der Waals surface area (Å²) in [4.78, 5) is 0. The van der Waals surface area contributed by atoms with E-state index in [9.17, 15) is 0 Å². The molecule has 0 saturated heterocycles.